The average molecular weight is 206 g/mol. The topological polar surface area (TPSA) is 36.9 Å². The van der Waals surface area contributed by atoms with Crippen LogP contribution in [0.1, 0.15) is 13.8 Å². The van der Waals surface area contributed by atoms with E-state index >= 15 is 0 Å². The lowest BCUT2D eigenvalue weighted by molar-refractivity contribution is -0.176. The monoisotopic (exact) mass is 206 g/mol. The van der Waals surface area contributed by atoms with Gasteiger partial charge >= 0.3 is 0 Å². The van der Waals surface area contributed by atoms with Gasteiger partial charge in [0, 0.05) is 20.1 Å². The molecule has 0 aliphatic carbocycles. The van der Waals surface area contributed by atoms with Crippen LogP contribution in [0.4, 0.5) is 0 Å². The summed E-state index contributed by atoms with van der Waals surface area (Å²) in [5.74, 6) is 0.337. The summed E-state index contributed by atoms with van der Waals surface area (Å²) in [4.78, 5) is 0. The summed E-state index contributed by atoms with van der Waals surface area (Å²) in [6.07, 6.45) is -0.166. The van der Waals surface area contributed by atoms with Crippen molar-refractivity contribution in [2.24, 2.45) is 5.92 Å². The summed E-state index contributed by atoms with van der Waals surface area (Å²) in [5, 5.41) is 0. The second kappa shape index (κ2) is 9.40. The average Bonchev–Trinajstić information content (AvgIpc) is 2.15. The number of hydrogen-bond donors (Lipinski definition) is 0. The molecule has 0 aromatic heterocycles. The van der Waals surface area contributed by atoms with E-state index in [9.17, 15) is 0 Å². The number of rotatable bonds is 9. The molecule has 0 N–H and O–H groups in total. The van der Waals surface area contributed by atoms with Crippen molar-refractivity contribution < 1.29 is 18.9 Å². The molecule has 0 heterocycles. The van der Waals surface area contributed by atoms with Crippen molar-refractivity contribution in [3.8, 4) is 0 Å². The molecule has 4 heteroatoms. The normalized spacial score (nSPS) is 11.6. The predicted molar refractivity (Wildman–Crippen MR) is 54.3 cm³/mol. The molecular formula is C10H22O4. The van der Waals surface area contributed by atoms with Gasteiger partial charge in [0.1, 0.15) is 0 Å². The summed E-state index contributed by atoms with van der Waals surface area (Å²) in [6, 6.07) is 0. The SMILES string of the molecule is COCCOC(OCCOC)C(C)C. The molecular weight excluding hydrogens is 184 g/mol. The second-order valence-electron chi connectivity index (χ2n) is 3.34. The first-order valence-electron chi connectivity index (χ1n) is 4.93. The van der Waals surface area contributed by atoms with E-state index in [-0.39, 0.29) is 6.29 Å². The minimum absolute atomic E-state index is 0.166. The van der Waals surface area contributed by atoms with Crippen LogP contribution in [0.2, 0.25) is 0 Å². The van der Waals surface area contributed by atoms with Crippen molar-refractivity contribution in [1.82, 2.24) is 0 Å². The van der Waals surface area contributed by atoms with E-state index in [1.165, 1.54) is 0 Å². The Labute approximate surface area is 86.5 Å². The Balaban J connectivity index is 3.55. The van der Waals surface area contributed by atoms with Crippen LogP contribution in [-0.2, 0) is 18.9 Å². The molecule has 0 saturated carbocycles. The van der Waals surface area contributed by atoms with Crippen LogP contribution in [0, 0.1) is 5.92 Å². The van der Waals surface area contributed by atoms with E-state index in [1.54, 1.807) is 14.2 Å². The molecule has 0 aromatic rings. The van der Waals surface area contributed by atoms with Crippen LogP contribution in [0.3, 0.4) is 0 Å². The number of hydrogen-bond acceptors (Lipinski definition) is 4. The van der Waals surface area contributed by atoms with Crippen LogP contribution in [0.5, 0.6) is 0 Å². The van der Waals surface area contributed by atoms with Crippen LogP contribution in [0.25, 0.3) is 0 Å². The highest BCUT2D eigenvalue weighted by Crippen LogP contribution is 2.07. The maximum absolute atomic E-state index is 5.49. The standard InChI is InChI=1S/C10H22O4/c1-9(2)10(13-7-5-11-3)14-8-6-12-4/h9-10H,5-8H2,1-4H3. The Hall–Kier alpha value is -0.160. The molecule has 0 unspecified atom stereocenters. The molecule has 0 radical (unpaired) electrons. The molecule has 0 aliphatic heterocycles. The van der Waals surface area contributed by atoms with E-state index in [1.807, 2.05) is 0 Å². The van der Waals surface area contributed by atoms with Gasteiger partial charge in [0.25, 0.3) is 0 Å². The van der Waals surface area contributed by atoms with Gasteiger partial charge in [0.05, 0.1) is 26.4 Å². The highest BCUT2D eigenvalue weighted by Gasteiger charge is 2.13. The lowest BCUT2D eigenvalue weighted by Gasteiger charge is -2.21. The molecule has 86 valence electrons. The number of methoxy groups -OCH3 is 2. The molecule has 0 saturated heterocycles. The van der Waals surface area contributed by atoms with Crippen molar-refractivity contribution in [3.05, 3.63) is 0 Å². The summed E-state index contributed by atoms with van der Waals surface area (Å²) in [5.41, 5.74) is 0. The quantitative estimate of drug-likeness (QED) is 0.421. The molecule has 0 bridgehead atoms. The first-order chi connectivity index (χ1) is 6.72. The molecule has 0 amide bonds. The third kappa shape index (κ3) is 7.26. The van der Waals surface area contributed by atoms with Crippen molar-refractivity contribution in [2.45, 2.75) is 20.1 Å². The Kier molecular flexibility index (Phi) is 9.29. The maximum Gasteiger partial charge on any atom is 0.160 e. The largest absolute Gasteiger partial charge is 0.382 e. The fourth-order valence-electron chi connectivity index (χ4n) is 0.928. The van der Waals surface area contributed by atoms with Gasteiger partial charge in [0.15, 0.2) is 6.29 Å². The van der Waals surface area contributed by atoms with Gasteiger partial charge in [-0.2, -0.15) is 0 Å². The van der Waals surface area contributed by atoms with Gasteiger partial charge in [-0.15, -0.1) is 0 Å². The van der Waals surface area contributed by atoms with Gasteiger partial charge in [0.2, 0.25) is 0 Å². The fraction of sp³-hybridized carbons (Fsp3) is 1.00. The lowest BCUT2D eigenvalue weighted by atomic mass is 10.2. The van der Waals surface area contributed by atoms with E-state index in [0.29, 0.717) is 32.3 Å². The highest BCUT2D eigenvalue weighted by atomic mass is 16.7. The van der Waals surface area contributed by atoms with E-state index in [2.05, 4.69) is 13.8 Å². The number of ether oxygens (including phenoxy) is 4. The lowest BCUT2D eigenvalue weighted by Crippen LogP contribution is -2.26. The highest BCUT2D eigenvalue weighted by molar-refractivity contribution is 4.50. The van der Waals surface area contributed by atoms with Crippen LogP contribution in [0.15, 0.2) is 0 Å². The van der Waals surface area contributed by atoms with E-state index in [4.69, 9.17) is 18.9 Å². The molecule has 0 fully saturated rings. The summed E-state index contributed by atoms with van der Waals surface area (Å²) >= 11 is 0. The molecule has 0 aromatic carbocycles. The van der Waals surface area contributed by atoms with Crippen molar-refractivity contribution >= 4 is 0 Å². The Morgan fingerprint density at radius 1 is 0.786 bits per heavy atom. The predicted octanol–water partition coefficient (Wildman–Crippen LogP) is 1.29. The Morgan fingerprint density at radius 2 is 1.21 bits per heavy atom. The van der Waals surface area contributed by atoms with Crippen LogP contribution < -0.4 is 0 Å². The third-order valence-corrected chi connectivity index (χ3v) is 1.68. The second-order valence-corrected chi connectivity index (χ2v) is 3.34. The zero-order valence-electron chi connectivity index (χ0n) is 9.62. The van der Waals surface area contributed by atoms with Gasteiger partial charge in [-0.1, -0.05) is 13.8 Å². The summed E-state index contributed by atoms with van der Waals surface area (Å²) in [7, 11) is 3.30. The van der Waals surface area contributed by atoms with Crippen molar-refractivity contribution in [3.63, 3.8) is 0 Å². The van der Waals surface area contributed by atoms with Gasteiger partial charge in [-0.05, 0) is 0 Å². The first kappa shape index (κ1) is 13.8. The fourth-order valence-corrected chi connectivity index (χ4v) is 0.928. The minimum Gasteiger partial charge on any atom is -0.382 e. The Morgan fingerprint density at radius 3 is 1.50 bits per heavy atom. The molecule has 0 aliphatic rings. The van der Waals surface area contributed by atoms with Crippen molar-refractivity contribution in [2.75, 3.05) is 40.6 Å². The molecule has 0 atom stereocenters. The zero-order chi connectivity index (χ0) is 10.8. The Bertz CT molecular complexity index is 107. The van der Waals surface area contributed by atoms with Gasteiger partial charge in [-0.3, -0.25) is 0 Å². The molecule has 4 nitrogen and oxygen atoms in total. The molecule has 0 rings (SSSR count). The molecule has 14 heavy (non-hydrogen) atoms. The summed E-state index contributed by atoms with van der Waals surface area (Å²) in [6.45, 7) is 6.43. The van der Waals surface area contributed by atoms with Crippen LogP contribution >= 0.6 is 0 Å². The smallest absolute Gasteiger partial charge is 0.160 e. The van der Waals surface area contributed by atoms with Gasteiger partial charge < -0.3 is 18.9 Å². The maximum atomic E-state index is 5.49. The first-order valence-corrected chi connectivity index (χ1v) is 4.93. The van der Waals surface area contributed by atoms with E-state index in [0.717, 1.165) is 0 Å². The van der Waals surface area contributed by atoms with Crippen molar-refractivity contribution in [1.29, 1.82) is 0 Å². The van der Waals surface area contributed by atoms with Gasteiger partial charge in [-0.25, -0.2) is 0 Å². The zero-order valence-corrected chi connectivity index (χ0v) is 9.62. The minimum atomic E-state index is -0.166. The van der Waals surface area contributed by atoms with E-state index < -0.39 is 0 Å². The molecule has 0 spiro atoms. The van der Waals surface area contributed by atoms with Crippen LogP contribution in [-0.4, -0.2) is 46.9 Å². The third-order valence-electron chi connectivity index (χ3n) is 1.68. The summed E-state index contributed by atoms with van der Waals surface area (Å²) < 4.78 is 20.8.